The number of likely N-dealkylation sites (tertiary alicyclic amines) is 1. The van der Waals surface area contributed by atoms with Crippen molar-refractivity contribution in [2.45, 2.75) is 38.6 Å². The minimum Gasteiger partial charge on any atom is -0.306 e. The Hall–Kier alpha value is -1.50. The Labute approximate surface area is 155 Å². The molecule has 1 saturated heterocycles. The summed E-state index contributed by atoms with van der Waals surface area (Å²) in [5.41, 5.74) is 1.21. The summed E-state index contributed by atoms with van der Waals surface area (Å²) >= 11 is 3.28. The SMILES string of the molecule is CCCc1nc2scc(-c3cccs3)c2c(=O)n1C1CCN(C)CC1. The van der Waals surface area contributed by atoms with Gasteiger partial charge in [-0.25, -0.2) is 4.98 Å². The Morgan fingerprint density at radius 2 is 2.08 bits per heavy atom. The van der Waals surface area contributed by atoms with E-state index in [1.54, 1.807) is 22.7 Å². The fourth-order valence-electron chi connectivity index (χ4n) is 3.69. The predicted octanol–water partition coefficient (Wildman–Crippen LogP) is 4.41. The zero-order chi connectivity index (χ0) is 17.4. The van der Waals surface area contributed by atoms with Crippen molar-refractivity contribution < 1.29 is 0 Å². The summed E-state index contributed by atoms with van der Waals surface area (Å²) in [6, 6.07) is 4.40. The lowest BCUT2D eigenvalue weighted by molar-refractivity contribution is 0.215. The summed E-state index contributed by atoms with van der Waals surface area (Å²) in [7, 11) is 2.15. The lowest BCUT2D eigenvalue weighted by Gasteiger charge is -2.31. The second-order valence-electron chi connectivity index (χ2n) is 6.79. The van der Waals surface area contributed by atoms with Gasteiger partial charge in [-0.1, -0.05) is 13.0 Å². The quantitative estimate of drug-likeness (QED) is 0.680. The van der Waals surface area contributed by atoms with Gasteiger partial charge in [0.05, 0.1) is 5.39 Å². The van der Waals surface area contributed by atoms with Crippen LogP contribution >= 0.6 is 22.7 Å². The first-order valence-corrected chi connectivity index (χ1v) is 10.7. The Balaban J connectivity index is 1.90. The summed E-state index contributed by atoms with van der Waals surface area (Å²) in [6.45, 7) is 4.24. The van der Waals surface area contributed by atoms with Crippen LogP contribution in [-0.4, -0.2) is 34.6 Å². The van der Waals surface area contributed by atoms with Crippen molar-refractivity contribution in [3.05, 3.63) is 39.1 Å². The highest BCUT2D eigenvalue weighted by Crippen LogP contribution is 2.34. The number of thiophene rings is 2. The predicted molar refractivity (Wildman–Crippen MR) is 107 cm³/mol. The maximum absolute atomic E-state index is 13.5. The van der Waals surface area contributed by atoms with Crippen molar-refractivity contribution in [3.8, 4) is 10.4 Å². The second-order valence-corrected chi connectivity index (χ2v) is 8.60. The zero-order valence-corrected chi connectivity index (χ0v) is 16.3. The molecule has 0 bridgehead atoms. The largest absolute Gasteiger partial charge is 0.306 e. The van der Waals surface area contributed by atoms with Gasteiger partial charge in [0.1, 0.15) is 10.7 Å². The molecule has 0 N–H and O–H groups in total. The summed E-state index contributed by atoms with van der Waals surface area (Å²) in [6.07, 6.45) is 3.93. The van der Waals surface area contributed by atoms with Crippen molar-refractivity contribution >= 4 is 32.9 Å². The van der Waals surface area contributed by atoms with Gasteiger partial charge in [0.25, 0.3) is 5.56 Å². The molecule has 3 aromatic rings. The monoisotopic (exact) mass is 373 g/mol. The maximum Gasteiger partial charge on any atom is 0.263 e. The lowest BCUT2D eigenvalue weighted by atomic mass is 10.0. The van der Waals surface area contributed by atoms with Crippen molar-refractivity contribution in [1.82, 2.24) is 14.5 Å². The maximum atomic E-state index is 13.5. The third kappa shape index (κ3) is 3.07. The molecule has 0 saturated carbocycles. The molecule has 4 rings (SSSR count). The summed E-state index contributed by atoms with van der Waals surface area (Å²) in [4.78, 5) is 22.8. The van der Waals surface area contributed by atoms with Crippen LogP contribution in [0.1, 0.15) is 38.1 Å². The number of rotatable bonds is 4. The van der Waals surface area contributed by atoms with Gasteiger partial charge in [0, 0.05) is 28.3 Å². The van der Waals surface area contributed by atoms with Gasteiger partial charge < -0.3 is 4.90 Å². The molecule has 1 aliphatic rings. The molecule has 4 heterocycles. The Bertz CT molecular complexity index is 918. The van der Waals surface area contributed by atoms with Crippen LogP contribution < -0.4 is 5.56 Å². The first-order chi connectivity index (χ1) is 12.2. The van der Waals surface area contributed by atoms with Gasteiger partial charge in [-0.2, -0.15) is 0 Å². The van der Waals surface area contributed by atoms with E-state index in [-0.39, 0.29) is 11.6 Å². The average molecular weight is 374 g/mol. The van der Waals surface area contributed by atoms with E-state index in [0.29, 0.717) is 0 Å². The molecule has 132 valence electrons. The van der Waals surface area contributed by atoms with Crippen molar-refractivity contribution in [2.75, 3.05) is 20.1 Å². The smallest absolute Gasteiger partial charge is 0.263 e. The molecule has 0 atom stereocenters. The summed E-state index contributed by atoms with van der Waals surface area (Å²) in [5.74, 6) is 0.967. The van der Waals surface area contributed by atoms with E-state index in [9.17, 15) is 4.79 Å². The van der Waals surface area contributed by atoms with E-state index in [1.165, 1.54) is 0 Å². The molecule has 0 spiro atoms. The molecule has 4 nitrogen and oxygen atoms in total. The molecular weight excluding hydrogens is 350 g/mol. The van der Waals surface area contributed by atoms with Crippen LogP contribution in [-0.2, 0) is 6.42 Å². The highest BCUT2D eigenvalue weighted by molar-refractivity contribution is 7.18. The number of piperidine rings is 1. The van der Waals surface area contributed by atoms with Crippen LogP contribution in [0.15, 0.2) is 27.7 Å². The van der Waals surface area contributed by atoms with Gasteiger partial charge >= 0.3 is 0 Å². The summed E-state index contributed by atoms with van der Waals surface area (Å²) < 4.78 is 2.03. The fraction of sp³-hybridized carbons (Fsp3) is 0.474. The van der Waals surface area contributed by atoms with E-state index < -0.39 is 0 Å². The number of hydrogen-bond donors (Lipinski definition) is 0. The standard InChI is InChI=1S/C19H23N3OS2/c1-3-5-16-20-18-17(14(12-25-18)15-6-4-11-24-15)19(23)22(16)13-7-9-21(2)10-8-13/h4,6,11-13H,3,5,7-10H2,1-2H3. The van der Waals surface area contributed by atoms with Crippen molar-refractivity contribution in [3.63, 3.8) is 0 Å². The second kappa shape index (κ2) is 7.02. The first kappa shape index (κ1) is 16.9. The van der Waals surface area contributed by atoms with Gasteiger partial charge in [-0.3, -0.25) is 9.36 Å². The van der Waals surface area contributed by atoms with E-state index in [4.69, 9.17) is 4.98 Å². The number of aromatic nitrogens is 2. The van der Waals surface area contributed by atoms with Crippen LogP contribution in [0.5, 0.6) is 0 Å². The highest BCUT2D eigenvalue weighted by atomic mass is 32.1. The van der Waals surface area contributed by atoms with Crippen LogP contribution in [0, 0.1) is 0 Å². The topological polar surface area (TPSA) is 38.1 Å². The normalized spacial score (nSPS) is 16.7. The molecule has 0 radical (unpaired) electrons. The van der Waals surface area contributed by atoms with Crippen LogP contribution in [0.25, 0.3) is 20.7 Å². The third-order valence-electron chi connectivity index (χ3n) is 5.03. The first-order valence-electron chi connectivity index (χ1n) is 8.94. The fourth-order valence-corrected chi connectivity index (χ4v) is 5.46. The zero-order valence-electron chi connectivity index (χ0n) is 14.7. The lowest BCUT2D eigenvalue weighted by Crippen LogP contribution is -2.37. The number of nitrogens with zero attached hydrogens (tertiary/aromatic N) is 3. The molecule has 0 amide bonds. The molecule has 0 aliphatic carbocycles. The van der Waals surface area contributed by atoms with E-state index in [0.717, 1.165) is 65.3 Å². The third-order valence-corrected chi connectivity index (χ3v) is 6.80. The van der Waals surface area contributed by atoms with Gasteiger partial charge in [-0.05, 0) is 50.8 Å². The number of hydrogen-bond acceptors (Lipinski definition) is 5. The Kier molecular flexibility index (Phi) is 4.75. The van der Waals surface area contributed by atoms with Crippen LogP contribution in [0.3, 0.4) is 0 Å². The van der Waals surface area contributed by atoms with E-state index in [2.05, 4.69) is 35.7 Å². The average Bonchev–Trinajstić information content (AvgIpc) is 3.26. The van der Waals surface area contributed by atoms with Crippen molar-refractivity contribution in [2.24, 2.45) is 0 Å². The number of aryl methyl sites for hydroxylation is 1. The van der Waals surface area contributed by atoms with Gasteiger partial charge in [0.15, 0.2) is 0 Å². The molecule has 1 fully saturated rings. The molecule has 25 heavy (non-hydrogen) atoms. The molecule has 0 aromatic carbocycles. The van der Waals surface area contributed by atoms with Gasteiger partial charge in [0.2, 0.25) is 0 Å². The molecule has 1 aliphatic heterocycles. The Morgan fingerprint density at radius 1 is 1.28 bits per heavy atom. The minimum absolute atomic E-state index is 0.160. The molecule has 6 heteroatoms. The van der Waals surface area contributed by atoms with E-state index >= 15 is 0 Å². The van der Waals surface area contributed by atoms with Crippen LogP contribution in [0.2, 0.25) is 0 Å². The molecule has 3 aromatic heterocycles. The molecule has 0 unspecified atom stereocenters. The highest BCUT2D eigenvalue weighted by Gasteiger charge is 2.24. The van der Waals surface area contributed by atoms with Crippen LogP contribution in [0.4, 0.5) is 0 Å². The Morgan fingerprint density at radius 3 is 2.76 bits per heavy atom. The van der Waals surface area contributed by atoms with Crippen molar-refractivity contribution in [1.29, 1.82) is 0 Å². The summed E-state index contributed by atoms with van der Waals surface area (Å²) in [5, 5.41) is 4.97. The molecular formula is C19H23N3OS2. The van der Waals surface area contributed by atoms with E-state index in [1.807, 2.05) is 10.6 Å². The van der Waals surface area contributed by atoms with Gasteiger partial charge in [-0.15, -0.1) is 22.7 Å². The minimum atomic E-state index is 0.160. The number of fused-ring (bicyclic) bond motifs is 1.